The van der Waals surface area contributed by atoms with Crippen LogP contribution in [0.5, 0.6) is 5.75 Å². The summed E-state index contributed by atoms with van der Waals surface area (Å²) in [7, 11) is -2.88. The van der Waals surface area contributed by atoms with Gasteiger partial charge >= 0.3 is 6.36 Å². The van der Waals surface area contributed by atoms with E-state index >= 15 is 0 Å². The maximum atomic E-state index is 12.9. The zero-order valence-electron chi connectivity index (χ0n) is 14.5. The SMILES string of the molecule is CN(CC(=O)NCc1ccccc1OC(F)(F)F)S(=O)(=O)c1ccc(F)cc1. The number of ether oxygens (including phenoxy) is 1. The number of carbonyl (C=O) groups excluding carboxylic acids is 1. The lowest BCUT2D eigenvalue weighted by Crippen LogP contribution is -2.38. The predicted octanol–water partition coefficient (Wildman–Crippen LogP) is 2.66. The summed E-state index contributed by atoms with van der Waals surface area (Å²) in [5.74, 6) is -1.82. The first kappa shape index (κ1) is 21.6. The number of para-hydroxylation sites is 1. The summed E-state index contributed by atoms with van der Waals surface area (Å²) in [5, 5.41) is 2.34. The van der Waals surface area contributed by atoms with E-state index in [2.05, 4.69) is 10.1 Å². The van der Waals surface area contributed by atoms with E-state index in [0.717, 1.165) is 41.7 Å². The topological polar surface area (TPSA) is 75.7 Å². The van der Waals surface area contributed by atoms with Crippen LogP contribution < -0.4 is 10.1 Å². The quantitative estimate of drug-likeness (QED) is 0.699. The average Bonchev–Trinajstić information content (AvgIpc) is 2.60. The first-order valence-electron chi connectivity index (χ1n) is 7.81. The number of rotatable bonds is 7. The molecule has 11 heteroatoms. The molecule has 0 saturated heterocycles. The molecule has 152 valence electrons. The van der Waals surface area contributed by atoms with Crippen molar-refractivity contribution in [3.05, 3.63) is 59.9 Å². The van der Waals surface area contributed by atoms with Gasteiger partial charge in [0.25, 0.3) is 0 Å². The Labute approximate surface area is 158 Å². The maximum Gasteiger partial charge on any atom is 0.573 e. The van der Waals surface area contributed by atoms with E-state index in [1.165, 1.54) is 18.2 Å². The standard InChI is InChI=1S/C17H16F4N2O4S/c1-23(28(25,26)14-8-6-13(18)7-9-14)11-16(24)22-10-12-4-2-3-5-15(12)27-17(19,20)21/h2-9H,10-11H2,1H3,(H,22,24). The van der Waals surface area contributed by atoms with Crippen LogP contribution in [0.3, 0.4) is 0 Å². The minimum Gasteiger partial charge on any atom is -0.405 e. The summed E-state index contributed by atoms with van der Waals surface area (Å²) < 4.78 is 79.4. The van der Waals surface area contributed by atoms with Gasteiger partial charge in [-0.3, -0.25) is 4.79 Å². The normalized spacial score (nSPS) is 12.1. The molecule has 28 heavy (non-hydrogen) atoms. The summed E-state index contributed by atoms with van der Waals surface area (Å²) >= 11 is 0. The second-order valence-electron chi connectivity index (χ2n) is 5.65. The van der Waals surface area contributed by atoms with Crippen molar-refractivity contribution >= 4 is 15.9 Å². The molecular weight excluding hydrogens is 404 g/mol. The highest BCUT2D eigenvalue weighted by Gasteiger charge is 2.32. The van der Waals surface area contributed by atoms with Crippen LogP contribution in [0.1, 0.15) is 5.56 Å². The molecule has 2 aromatic rings. The molecule has 1 N–H and O–H groups in total. The summed E-state index contributed by atoms with van der Waals surface area (Å²) in [6.45, 7) is -0.877. The number of sulfonamides is 1. The monoisotopic (exact) mass is 420 g/mol. The molecule has 0 aliphatic carbocycles. The Kier molecular flexibility index (Phi) is 6.62. The van der Waals surface area contributed by atoms with Crippen LogP contribution in [-0.2, 0) is 21.4 Å². The Bertz CT molecular complexity index is 931. The van der Waals surface area contributed by atoms with E-state index in [-0.39, 0.29) is 17.0 Å². The van der Waals surface area contributed by atoms with Crippen molar-refractivity contribution in [2.45, 2.75) is 17.8 Å². The van der Waals surface area contributed by atoms with Crippen molar-refractivity contribution in [3.63, 3.8) is 0 Å². The van der Waals surface area contributed by atoms with Gasteiger partial charge in [0.05, 0.1) is 11.4 Å². The molecule has 0 fully saturated rings. The van der Waals surface area contributed by atoms with Gasteiger partial charge in [0, 0.05) is 19.2 Å². The molecule has 0 aliphatic heterocycles. The molecule has 0 atom stereocenters. The smallest absolute Gasteiger partial charge is 0.405 e. The van der Waals surface area contributed by atoms with E-state index in [9.17, 15) is 30.8 Å². The molecule has 0 saturated carbocycles. The fourth-order valence-corrected chi connectivity index (χ4v) is 3.32. The third-order valence-electron chi connectivity index (χ3n) is 3.56. The Morgan fingerprint density at radius 1 is 1.11 bits per heavy atom. The van der Waals surface area contributed by atoms with Gasteiger partial charge in [0.1, 0.15) is 11.6 Å². The Morgan fingerprint density at radius 3 is 2.32 bits per heavy atom. The first-order chi connectivity index (χ1) is 13.0. The predicted molar refractivity (Wildman–Crippen MR) is 91.2 cm³/mol. The van der Waals surface area contributed by atoms with Crippen LogP contribution in [0.25, 0.3) is 0 Å². The van der Waals surface area contributed by atoms with Crippen molar-refractivity contribution in [2.75, 3.05) is 13.6 Å². The number of likely N-dealkylation sites (N-methyl/N-ethyl adjacent to an activating group) is 1. The fraction of sp³-hybridized carbons (Fsp3) is 0.235. The number of alkyl halides is 3. The highest BCUT2D eigenvalue weighted by atomic mass is 32.2. The number of hydrogen-bond donors (Lipinski definition) is 1. The average molecular weight is 420 g/mol. The van der Waals surface area contributed by atoms with Crippen molar-refractivity contribution in [1.29, 1.82) is 0 Å². The molecule has 0 spiro atoms. The van der Waals surface area contributed by atoms with E-state index in [1.807, 2.05) is 0 Å². The molecule has 2 rings (SSSR count). The lowest BCUT2D eigenvalue weighted by Gasteiger charge is -2.17. The third-order valence-corrected chi connectivity index (χ3v) is 5.38. The van der Waals surface area contributed by atoms with Crippen LogP contribution >= 0.6 is 0 Å². The molecule has 0 aromatic heterocycles. The van der Waals surface area contributed by atoms with Crippen molar-refractivity contribution < 1.29 is 35.5 Å². The van der Waals surface area contributed by atoms with Crippen LogP contribution in [0, 0.1) is 5.82 Å². The summed E-state index contributed by atoms with van der Waals surface area (Å²) in [6, 6.07) is 9.30. The van der Waals surface area contributed by atoms with Crippen LogP contribution in [0.4, 0.5) is 17.6 Å². The van der Waals surface area contributed by atoms with Crippen LogP contribution in [0.2, 0.25) is 0 Å². The highest BCUT2D eigenvalue weighted by molar-refractivity contribution is 7.89. The van der Waals surface area contributed by atoms with Crippen molar-refractivity contribution in [3.8, 4) is 5.75 Å². The molecule has 6 nitrogen and oxygen atoms in total. The van der Waals surface area contributed by atoms with Gasteiger partial charge in [-0.2, -0.15) is 4.31 Å². The first-order valence-corrected chi connectivity index (χ1v) is 9.25. The lowest BCUT2D eigenvalue weighted by molar-refractivity contribution is -0.274. The van der Waals surface area contributed by atoms with Gasteiger partial charge in [0.15, 0.2) is 0 Å². The minimum atomic E-state index is -4.89. The maximum absolute atomic E-state index is 12.9. The largest absolute Gasteiger partial charge is 0.573 e. The number of nitrogens with zero attached hydrogens (tertiary/aromatic N) is 1. The number of nitrogens with one attached hydrogen (secondary N) is 1. The molecule has 1 amide bonds. The molecular formula is C17H16F4N2O4S. The summed E-state index contributed by atoms with van der Waals surface area (Å²) in [5.41, 5.74) is 0.0669. The second kappa shape index (κ2) is 8.57. The van der Waals surface area contributed by atoms with Gasteiger partial charge in [-0.15, -0.1) is 13.2 Å². The second-order valence-corrected chi connectivity index (χ2v) is 7.69. The molecule has 0 heterocycles. The van der Waals surface area contributed by atoms with Gasteiger partial charge < -0.3 is 10.1 Å². The van der Waals surface area contributed by atoms with Crippen molar-refractivity contribution in [2.24, 2.45) is 0 Å². The number of benzene rings is 2. The Balaban J connectivity index is 2.00. The Morgan fingerprint density at radius 2 is 1.71 bits per heavy atom. The van der Waals surface area contributed by atoms with Gasteiger partial charge in [-0.1, -0.05) is 18.2 Å². The zero-order valence-corrected chi connectivity index (χ0v) is 15.3. The van der Waals surface area contributed by atoms with Crippen LogP contribution in [0.15, 0.2) is 53.4 Å². The van der Waals surface area contributed by atoms with Crippen LogP contribution in [-0.4, -0.2) is 38.6 Å². The van der Waals surface area contributed by atoms with E-state index < -0.39 is 40.4 Å². The van der Waals surface area contributed by atoms with E-state index in [0.29, 0.717) is 0 Å². The van der Waals surface area contributed by atoms with Crippen molar-refractivity contribution in [1.82, 2.24) is 9.62 Å². The number of hydrogen-bond acceptors (Lipinski definition) is 4. The Hall–Kier alpha value is -2.66. The number of amides is 1. The third kappa shape index (κ3) is 5.92. The molecule has 0 aliphatic rings. The summed E-state index contributed by atoms with van der Waals surface area (Å²) in [6.07, 6.45) is -4.89. The molecule has 0 radical (unpaired) electrons. The zero-order chi connectivity index (χ0) is 20.9. The number of carbonyl (C=O) groups is 1. The van der Waals surface area contributed by atoms with E-state index in [4.69, 9.17) is 0 Å². The highest BCUT2D eigenvalue weighted by Crippen LogP contribution is 2.26. The molecule has 2 aromatic carbocycles. The number of halogens is 4. The van der Waals surface area contributed by atoms with E-state index in [1.54, 1.807) is 0 Å². The molecule has 0 bridgehead atoms. The fourth-order valence-electron chi connectivity index (χ4n) is 2.20. The lowest BCUT2D eigenvalue weighted by atomic mass is 10.2. The van der Waals surface area contributed by atoms with Gasteiger partial charge in [0.2, 0.25) is 15.9 Å². The molecule has 0 unspecified atom stereocenters. The van der Waals surface area contributed by atoms with Gasteiger partial charge in [-0.05, 0) is 30.3 Å². The van der Waals surface area contributed by atoms with Gasteiger partial charge in [-0.25, -0.2) is 12.8 Å². The summed E-state index contributed by atoms with van der Waals surface area (Å²) in [4.78, 5) is 11.8. The minimum absolute atomic E-state index is 0.0669.